The van der Waals surface area contributed by atoms with Crippen molar-refractivity contribution in [3.8, 4) is 0 Å². The molecule has 0 N–H and O–H groups in total. The second-order valence-electron chi connectivity index (χ2n) is 8.09. The van der Waals surface area contributed by atoms with E-state index in [0.717, 1.165) is 22.5 Å². The van der Waals surface area contributed by atoms with Gasteiger partial charge in [-0.15, -0.1) is 0 Å². The fourth-order valence-corrected chi connectivity index (χ4v) is 4.36. The van der Waals surface area contributed by atoms with Gasteiger partial charge in [-0.25, -0.2) is 4.99 Å². The number of hydrogen-bond donors (Lipinski definition) is 0. The van der Waals surface area contributed by atoms with Crippen molar-refractivity contribution in [1.82, 2.24) is 0 Å². The number of amides is 1. The van der Waals surface area contributed by atoms with Gasteiger partial charge < -0.3 is 0 Å². The highest BCUT2D eigenvalue weighted by molar-refractivity contribution is 8.19. The van der Waals surface area contributed by atoms with Crippen LogP contribution in [-0.4, -0.2) is 11.1 Å². The first-order chi connectivity index (χ1) is 14.8. The molecular formula is C27H26N2OS. The van der Waals surface area contributed by atoms with E-state index in [0.29, 0.717) is 10.1 Å². The maximum atomic E-state index is 13.5. The summed E-state index contributed by atoms with van der Waals surface area (Å²) in [6, 6.07) is 20.4. The number of amidine groups is 1. The van der Waals surface area contributed by atoms with E-state index in [-0.39, 0.29) is 5.91 Å². The lowest BCUT2D eigenvalue weighted by molar-refractivity contribution is -0.113. The van der Waals surface area contributed by atoms with Gasteiger partial charge in [0.2, 0.25) is 0 Å². The van der Waals surface area contributed by atoms with Gasteiger partial charge in [-0.3, -0.25) is 9.69 Å². The first-order valence-corrected chi connectivity index (χ1v) is 11.2. The molecule has 1 fully saturated rings. The Morgan fingerprint density at radius 2 is 1.42 bits per heavy atom. The molecule has 31 heavy (non-hydrogen) atoms. The van der Waals surface area contributed by atoms with Crippen molar-refractivity contribution in [2.45, 2.75) is 34.6 Å². The van der Waals surface area contributed by atoms with Crippen LogP contribution in [0, 0.1) is 34.6 Å². The topological polar surface area (TPSA) is 32.7 Å². The predicted octanol–water partition coefficient (Wildman–Crippen LogP) is 7.04. The summed E-state index contributed by atoms with van der Waals surface area (Å²) in [5, 5.41) is 0.676. The van der Waals surface area contributed by atoms with E-state index in [1.165, 1.54) is 34.0 Å². The van der Waals surface area contributed by atoms with Crippen LogP contribution in [0.15, 0.2) is 70.6 Å². The molecule has 1 aliphatic rings. The van der Waals surface area contributed by atoms with Crippen LogP contribution in [0.5, 0.6) is 0 Å². The fourth-order valence-electron chi connectivity index (χ4n) is 3.36. The van der Waals surface area contributed by atoms with Crippen LogP contribution >= 0.6 is 11.8 Å². The van der Waals surface area contributed by atoms with Crippen LogP contribution in [0.25, 0.3) is 6.08 Å². The average molecular weight is 427 g/mol. The van der Waals surface area contributed by atoms with Gasteiger partial charge in [0.1, 0.15) is 0 Å². The van der Waals surface area contributed by atoms with Crippen LogP contribution in [-0.2, 0) is 4.79 Å². The van der Waals surface area contributed by atoms with Gasteiger partial charge in [0, 0.05) is 0 Å². The SMILES string of the molecule is Cc1ccc(/C=C2\SC(=Nc3ccc(C)c(C)c3)N(c3ccc(C)c(C)c3)C2=O)cc1. The van der Waals surface area contributed by atoms with E-state index in [4.69, 9.17) is 4.99 Å². The van der Waals surface area contributed by atoms with E-state index in [1.807, 2.05) is 30.3 Å². The van der Waals surface area contributed by atoms with Crippen molar-refractivity contribution in [2.75, 3.05) is 4.90 Å². The number of thioether (sulfide) groups is 1. The third-order valence-electron chi connectivity index (χ3n) is 5.65. The Morgan fingerprint density at radius 3 is 2.06 bits per heavy atom. The van der Waals surface area contributed by atoms with Gasteiger partial charge in [0.05, 0.1) is 16.3 Å². The number of carbonyl (C=O) groups excluding carboxylic acids is 1. The summed E-state index contributed by atoms with van der Waals surface area (Å²) in [5.74, 6) is -0.0450. The van der Waals surface area contributed by atoms with Gasteiger partial charge in [0.15, 0.2) is 5.17 Å². The van der Waals surface area contributed by atoms with Crippen LogP contribution in [0.4, 0.5) is 11.4 Å². The summed E-state index contributed by atoms with van der Waals surface area (Å²) in [7, 11) is 0. The molecule has 0 saturated carbocycles. The Morgan fingerprint density at radius 1 is 0.774 bits per heavy atom. The van der Waals surface area contributed by atoms with Crippen LogP contribution < -0.4 is 4.90 Å². The monoisotopic (exact) mass is 426 g/mol. The molecule has 4 rings (SSSR count). The van der Waals surface area contributed by atoms with Crippen molar-refractivity contribution in [2.24, 2.45) is 4.99 Å². The number of aliphatic imine (C=N–C) groups is 1. The van der Waals surface area contributed by atoms with Crippen molar-refractivity contribution >= 4 is 40.3 Å². The van der Waals surface area contributed by atoms with E-state index >= 15 is 0 Å². The van der Waals surface area contributed by atoms with E-state index < -0.39 is 0 Å². The number of carbonyl (C=O) groups is 1. The fraction of sp³-hybridized carbons (Fsp3) is 0.185. The standard InChI is InChI=1S/C27H26N2OS/c1-17-6-10-22(11-7-17)16-25-26(30)29(24-13-9-19(3)21(5)15-24)27(31-25)28-23-12-8-18(2)20(4)14-23/h6-16H,1-5H3/b25-16-,28-27?. The maximum Gasteiger partial charge on any atom is 0.271 e. The van der Waals surface area contributed by atoms with E-state index in [1.54, 1.807) is 4.90 Å². The van der Waals surface area contributed by atoms with Crippen molar-refractivity contribution in [3.63, 3.8) is 0 Å². The summed E-state index contributed by atoms with van der Waals surface area (Å²) in [6.45, 7) is 10.4. The quantitative estimate of drug-likeness (QED) is 0.421. The second-order valence-corrected chi connectivity index (χ2v) is 9.10. The van der Waals surface area contributed by atoms with Crippen LogP contribution in [0.3, 0.4) is 0 Å². The summed E-state index contributed by atoms with van der Waals surface area (Å²) in [6.07, 6.45) is 1.95. The molecule has 0 atom stereocenters. The first-order valence-electron chi connectivity index (χ1n) is 10.4. The van der Waals surface area contributed by atoms with Gasteiger partial charge in [0.25, 0.3) is 5.91 Å². The van der Waals surface area contributed by atoms with Crippen molar-refractivity contribution in [1.29, 1.82) is 0 Å². The maximum absolute atomic E-state index is 13.5. The molecule has 0 aromatic heterocycles. The molecule has 3 aromatic rings. The molecule has 4 heteroatoms. The number of benzene rings is 3. The molecule has 1 aliphatic heterocycles. The van der Waals surface area contributed by atoms with Crippen LogP contribution in [0.2, 0.25) is 0 Å². The average Bonchev–Trinajstić information content (AvgIpc) is 3.03. The Balaban J connectivity index is 1.80. The number of aryl methyl sites for hydroxylation is 5. The summed E-state index contributed by atoms with van der Waals surface area (Å²) in [4.78, 5) is 20.7. The van der Waals surface area contributed by atoms with Gasteiger partial charge in [-0.05, 0) is 105 Å². The third-order valence-corrected chi connectivity index (χ3v) is 6.61. The van der Waals surface area contributed by atoms with Crippen molar-refractivity contribution < 1.29 is 4.79 Å². The minimum absolute atomic E-state index is 0.0450. The normalized spacial score (nSPS) is 16.5. The van der Waals surface area contributed by atoms with Gasteiger partial charge >= 0.3 is 0 Å². The van der Waals surface area contributed by atoms with E-state index in [2.05, 4.69) is 71.0 Å². The molecule has 0 unspecified atom stereocenters. The summed E-state index contributed by atoms with van der Waals surface area (Å²) < 4.78 is 0. The number of nitrogens with zero attached hydrogens (tertiary/aromatic N) is 2. The largest absolute Gasteiger partial charge is 0.271 e. The molecule has 0 spiro atoms. The number of hydrogen-bond acceptors (Lipinski definition) is 3. The molecule has 0 radical (unpaired) electrons. The van der Waals surface area contributed by atoms with Crippen molar-refractivity contribution in [3.05, 3.63) is 98.9 Å². The molecule has 1 saturated heterocycles. The molecule has 156 valence electrons. The lowest BCUT2D eigenvalue weighted by Crippen LogP contribution is -2.28. The number of anilines is 1. The molecule has 0 bridgehead atoms. The Hall–Kier alpha value is -3.11. The molecule has 1 heterocycles. The zero-order valence-corrected chi connectivity index (χ0v) is 19.4. The Labute approximate surface area is 188 Å². The highest BCUT2D eigenvalue weighted by atomic mass is 32.2. The Kier molecular flexibility index (Phi) is 5.84. The molecule has 0 aliphatic carbocycles. The molecular weight excluding hydrogens is 400 g/mol. The minimum atomic E-state index is -0.0450. The lowest BCUT2D eigenvalue weighted by Gasteiger charge is -2.17. The highest BCUT2D eigenvalue weighted by Crippen LogP contribution is 2.38. The predicted molar refractivity (Wildman–Crippen MR) is 133 cm³/mol. The molecule has 3 nitrogen and oxygen atoms in total. The first kappa shape index (κ1) is 21.1. The Bertz CT molecular complexity index is 1220. The van der Waals surface area contributed by atoms with Gasteiger partial charge in [-0.1, -0.05) is 42.0 Å². The molecule has 1 amide bonds. The van der Waals surface area contributed by atoms with E-state index in [9.17, 15) is 4.79 Å². The highest BCUT2D eigenvalue weighted by Gasteiger charge is 2.35. The lowest BCUT2D eigenvalue weighted by atomic mass is 10.1. The summed E-state index contributed by atoms with van der Waals surface area (Å²) in [5.41, 5.74) is 8.66. The minimum Gasteiger partial charge on any atom is -0.268 e. The van der Waals surface area contributed by atoms with Crippen LogP contribution in [0.1, 0.15) is 33.4 Å². The third kappa shape index (κ3) is 4.49. The zero-order chi connectivity index (χ0) is 22.1. The molecule has 3 aromatic carbocycles. The summed E-state index contributed by atoms with van der Waals surface area (Å²) >= 11 is 1.42. The number of rotatable bonds is 3. The smallest absolute Gasteiger partial charge is 0.268 e. The van der Waals surface area contributed by atoms with Gasteiger partial charge in [-0.2, -0.15) is 0 Å². The zero-order valence-electron chi connectivity index (χ0n) is 18.6. The second kappa shape index (κ2) is 8.56.